The number of anilines is 1. The van der Waals surface area contributed by atoms with Crippen molar-refractivity contribution in [2.24, 2.45) is 11.3 Å². The second kappa shape index (κ2) is 8.78. The van der Waals surface area contributed by atoms with Crippen molar-refractivity contribution in [1.82, 2.24) is 20.4 Å². The van der Waals surface area contributed by atoms with E-state index in [0.717, 1.165) is 48.8 Å². The van der Waals surface area contributed by atoms with Crippen molar-refractivity contribution in [2.75, 3.05) is 5.32 Å². The number of hydrogen-bond donors (Lipinski definition) is 2. The highest BCUT2D eigenvalue weighted by Crippen LogP contribution is 2.70. The first-order valence-corrected chi connectivity index (χ1v) is 13.3. The van der Waals surface area contributed by atoms with Gasteiger partial charge >= 0.3 is 11.8 Å². The number of aryl methyl sites for hydroxylation is 1. The molecule has 8 nitrogen and oxygen atoms in total. The van der Waals surface area contributed by atoms with Gasteiger partial charge in [0.1, 0.15) is 5.82 Å². The van der Waals surface area contributed by atoms with Gasteiger partial charge in [0.25, 0.3) is 0 Å². The number of rotatable bonds is 5. The summed E-state index contributed by atoms with van der Waals surface area (Å²) < 4.78 is 5.25. The standard InChI is InChI=1S/C29H33N5O3/c1-28(2,3)27-33-26(37-34-27)25(36)31-22-7-5-4-6-19-14-17(8-9-20(19)22)18-10-13-30-23(15-18)32-24(35)21-16-29(21)11-12-29/h8-10,13-15,21-22H,4-7,11-12,16H2,1-3H3,(H,31,36)(H,30,32,35)/t21-,22-/m1/s1. The highest BCUT2D eigenvalue weighted by atomic mass is 16.5. The number of nitrogens with one attached hydrogen (secondary N) is 2. The first-order chi connectivity index (χ1) is 17.7. The molecule has 0 saturated heterocycles. The summed E-state index contributed by atoms with van der Waals surface area (Å²) in [5, 5.41) is 10.1. The van der Waals surface area contributed by atoms with Crippen molar-refractivity contribution in [2.45, 2.75) is 77.2 Å². The largest absolute Gasteiger partial charge is 0.341 e. The molecule has 8 heteroatoms. The van der Waals surface area contributed by atoms with Crippen molar-refractivity contribution in [1.29, 1.82) is 0 Å². The second-order valence-corrected chi connectivity index (χ2v) is 11.9. The molecule has 0 radical (unpaired) electrons. The molecule has 3 aliphatic rings. The number of fused-ring (bicyclic) bond motifs is 1. The first kappa shape index (κ1) is 23.8. The van der Waals surface area contributed by atoms with Gasteiger partial charge in [-0.3, -0.25) is 9.59 Å². The fourth-order valence-corrected chi connectivity index (χ4v) is 5.47. The van der Waals surface area contributed by atoms with Crippen LogP contribution in [0.3, 0.4) is 0 Å². The first-order valence-electron chi connectivity index (χ1n) is 13.3. The van der Waals surface area contributed by atoms with E-state index < -0.39 is 0 Å². The Labute approximate surface area is 216 Å². The fraction of sp³-hybridized carbons (Fsp3) is 0.483. The van der Waals surface area contributed by atoms with Gasteiger partial charge in [0, 0.05) is 17.5 Å². The highest BCUT2D eigenvalue weighted by Gasteiger charge is 2.65. The van der Waals surface area contributed by atoms with Gasteiger partial charge in [-0.2, -0.15) is 4.98 Å². The molecule has 3 aromatic rings. The number of benzene rings is 1. The van der Waals surface area contributed by atoms with E-state index in [4.69, 9.17) is 4.52 Å². The van der Waals surface area contributed by atoms with E-state index in [1.54, 1.807) is 6.20 Å². The van der Waals surface area contributed by atoms with Gasteiger partial charge in [0.15, 0.2) is 5.82 Å². The number of aromatic nitrogens is 3. The van der Waals surface area contributed by atoms with Crippen LogP contribution in [0.25, 0.3) is 11.1 Å². The molecular formula is C29H33N5O3. The normalized spacial score (nSPS) is 21.6. The third-order valence-corrected chi connectivity index (χ3v) is 8.05. The molecule has 0 bridgehead atoms. The lowest BCUT2D eigenvalue weighted by Crippen LogP contribution is -2.29. The lowest BCUT2D eigenvalue weighted by atomic mass is 9.94. The molecule has 0 aliphatic heterocycles. The van der Waals surface area contributed by atoms with Crippen molar-refractivity contribution < 1.29 is 14.1 Å². The summed E-state index contributed by atoms with van der Waals surface area (Å²) in [6, 6.07) is 10.2. The van der Waals surface area contributed by atoms with Crippen LogP contribution in [-0.4, -0.2) is 26.9 Å². The molecule has 6 rings (SSSR count). The zero-order valence-corrected chi connectivity index (χ0v) is 21.6. The average molecular weight is 500 g/mol. The van der Waals surface area contributed by atoms with Gasteiger partial charge in [-0.05, 0) is 78.3 Å². The van der Waals surface area contributed by atoms with Crippen LogP contribution >= 0.6 is 0 Å². The van der Waals surface area contributed by atoms with E-state index in [2.05, 4.69) is 44.0 Å². The summed E-state index contributed by atoms with van der Waals surface area (Å²) in [5.74, 6) is 1.02. The van der Waals surface area contributed by atoms with E-state index >= 15 is 0 Å². The van der Waals surface area contributed by atoms with Crippen molar-refractivity contribution >= 4 is 17.6 Å². The number of pyridine rings is 1. The number of hydrogen-bond acceptors (Lipinski definition) is 6. The topological polar surface area (TPSA) is 110 Å². The Morgan fingerprint density at radius 2 is 1.89 bits per heavy atom. The van der Waals surface area contributed by atoms with Crippen LogP contribution in [-0.2, 0) is 16.6 Å². The monoisotopic (exact) mass is 499 g/mol. The number of amides is 2. The smallest absolute Gasteiger partial charge is 0.315 e. The molecule has 2 saturated carbocycles. The van der Waals surface area contributed by atoms with Crippen LogP contribution in [0.4, 0.5) is 5.82 Å². The minimum atomic E-state index is -0.344. The summed E-state index contributed by atoms with van der Waals surface area (Å²) in [5.41, 5.74) is 4.45. The Balaban J connectivity index is 1.19. The van der Waals surface area contributed by atoms with Crippen LogP contribution in [0, 0.1) is 11.3 Å². The van der Waals surface area contributed by atoms with Crippen molar-refractivity contribution in [3.63, 3.8) is 0 Å². The lowest BCUT2D eigenvalue weighted by Gasteiger charge is -2.19. The van der Waals surface area contributed by atoms with Crippen molar-refractivity contribution in [3.8, 4) is 11.1 Å². The minimum Gasteiger partial charge on any atom is -0.341 e. The molecular weight excluding hydrogens is 466 g/mol. The maximum atomic E-state index is 12.9. The average Bonchev–Trinajstić information content (AvgIpc) is 3.76. The fourth-order valence-electron chi connectivity index (χ4n) is 5.47. The molecule has 37 heavy (non-hydrogen) atoms. The SMILES string of the molecule is CC(C)(C)c1noc(C(=O)N[C@@H]2CCCCc3cc(-c4ccnc(NC(=O)[C@H]5CC56CC6)c4)ccc32)n1. The molecule has 2 N–H and O–H groups in total. The van der Waals surface area contributed by atoms with E-state index in [1.807, 2.05) is 32.9 Å². The maximum absolute atomic E-state index is 12.9. The molecule has 2 heterocycles. The molecule has 1 aromatic carbocycles. The second-order valence-electron chi connectivity index (χ2n) is 11.9. The van der Waals surface area contributed by atoms with Crippen LogP contribution in [0.1, 0.15) is 93.0 Å². The van der Waals surface area contributed by atoms with Gasteiger partial charge in [-0.25, -0.2) is 4.98 Å². The van der Waals surface area contributed by atoms with Gasteiger partial charge < -0.3 is 15.2 Å². The Morgan fingerprint density at radius 1 is 1.08 bits per heavy atom. The van der Waals surface area contributed by atoms with Crippen LogP contribution in [0.15, 0.2) is 41.1 Å². The molecule has 2 aromatic heterocycles. The lowest BCUT2D eigenvalue weighted by molar-refractivity contribution is -0.117. The van der Waals surface area contributed by atoms with E-state index in [-0.39, 0.29) is 35.1 Å². The van der Waals surface area contributed by atoms with Gasteiger partial charge in [0.05, 0.1) is 6.04 Å². The van der Waals surface area contributed by atoms with E-state index in [1.165, 1.54) is 18.4 Å². The molecule has 1 spiro atoms. The third-order valence-electron chi connectivity index (χ3n) is 8.05. The van der Waals surface area contributed by atoms with Gasteiger partial charge in [-0.15, -0.1) is 0 Å². The third kappa shape index (κ3) is 4.77. The zero-order valence-electron chi connectivity index (χ0n) is 21.6. The number of nitrogens with zero attached hydrogens (tertiary/aromatic N) is 3. The summed E-state index contributed by atoms with van der Waals surface area (Å²) in [6.45, 7) is 5.94. The summed E-state index contributed by atoms with van der Waals surface area (Å²) in [7, 11) is 0. The highest BCUT2D eigenvalue weighted by molar-refractivity contribution is 5.95. The minimum absolute atomic E-state index is 0.00231. The molecule has 2 amide bonds. The molecule has 2 fully saturated rings. The molecule has 2 atom stereocenters. The van der Waals surface area contributed by atoms with Crippen LogP contribution in [0.5, 0.6) is 0 Å². The van der Waals surface area contributed by atoms with Crippen molar-refractivity contribution in [3.05, 3.63) is 59.4 Å². The summed E-state index contributed by atoms with van der Waals surface area (Å²) in [4.78, 5) is 34.2. The van der Waals surface area contributed by atoms with Gasteiger partial charge in [-0.1, -0.05) is 50.5 Å². The predicted molar refractivity (Wildman–Crippen MR) is 139 cm³/mol. The van der Waals surface area contributed by atoms with E-state index in [9.17, 15) is 9.59 Å². The van der Waals surface area contributed by atoms with Crippen LogP contribution in [0.2, 0.25) is 0 Å². The number of carbonyl (C=O) groups is 2. The quantitative estimate of drug-likeness (QED) is 0.457. The van der Waals surface area contributed by atoms with Crippen LogP contribution < -0.4 is 10.6 Å². The van der Waals surface area contributed by atoms with Gasteiger partial charge in [0.2, 0.25) is 5.91 Å². The molecule has 192 valence electrons. The number of carbonyl (C=O) groups excluding carboxylic acids is 2. The summed E-state index contributed by atoms with van der Waals surface area (Å²) in [6.07, 6.45) is 9.00. The Kier molecular flexibility index (Phi) is 5.66. The summed E-state index contributed by atoms with van der Waals surface area (Å²) >= 11 is 0. The Morgan fingerprint density at radius 3 is 2.62 bits per heavy atom. The maximum Gasteiger partial charge on any atom is 0.315 e. The molecule has 3 aliphatic carbocycles. The Hall–Kier alpha value is -3.55. The Bertz CT molecular complexity index is 1370. The predicted octanol–water partition coefficient (Wildman–Crippen LogP) is 5.37. The zero-order chi connectivity index (χ0) is 25.8. The molecule has 0 unspecified atom stereocenters. The van der Waals surface area contributed by atoms with E-state index in [0.29, 0.717) is 17.1 Å².